The number of aromatic nitrogens is 2. The second-order valence-corrected chi connectivity index (χ2v) is 2.65. The Kier molecular flexibility index (Phi) is 1.76. The second-order valence-electron chi connectivity index (χ2n) is 2.65. The van der Waals surface area contributed by atoms with Crippen LogP contribution < -0.4 is 5.73 Å². The van der Waals surface area contributed by atoms with Crippen molar-refractivity contribution in [1.82, 2.24) is 10.2 Å². The van der Waals surface area contributed by atoms with Crippen molar-refractivity contribution in [3.63, 3.8) is 0 Å². The molecular weight excluding hydrogens is 126 g/mol. The molecule has 0 saturated heterocycles. The zero-order chi connectivity index (χ0) is 7.72. The summed E-state index contributed by atoms with van der Waals surface area (Å²) in [5, 5.41) is 6.95. The van der Waals surface area contributed by atoms with E-state index in [2.05, 4.69) is 10.2 Å². The SMILES string of the molecule is Cc1[nH]nc(C(C)N)c1C. The number of aromatic amines is 1. The van der Waals surface area contributed by atoms with Crippen LogP contribution in [-0.4, -0.2) is 10.2 Å². The van der Waals surface area contributed by atoms with E-state index in [0.717, 1.165) is 11.4 Å². The van der Waals surface area contributed by atoms with Crippen LogP contribution in [-0.2, 0) is 0 Å². The fourth-order valence-electron chi connectivity index (χ4n) is 0.947. The van der Waals surface area contributed by atoms with E-state index < -0.39 is 0 Å². The maximum Gasteiger partial charge on any atom is 0.0818 e. The Morgan fingerprint density at radius 2 is 2.10 bits per heavy atom. The summed E-state index contributed by atoms with van der Waals surface area (Å²) < 4.78 is 0. The van der Waals surface area contributed by atoms with Gasteiger partial charge in [-0.15, -0.1) is 0 Å². The van der Waals surface area contributed by atoms with E-state index in [0.29, 0.717) is 0 Å². The topological polar surface area (TPSA) is 54.7 Å². The average molecular weight is 139 g/mol. The summed E-state index contributed by atoms with van der Waals surface area (Å²) in [5.74, 6) is 0. The average Bonchev–Trinajstić information content (AvgIpc) is 2.14. The van der Waals surface area contributed by atoms with E-state index >= 15 is 0 Å². The van der Waals surface area contributed by atoms with Crippen molar-refractivity contribution >= 4 is 0 Å². The monoisotopic (exact) mass is 139 g/mol. The third-order valence-corrected chi connectivity index (χ3v) is 1.72. The number of aryl methyl sites for hydroxylation is 1. The standard InChI is InChI=1S/C7H13N3/c1-4-6(3)9-10-7(4)5(2)8/h5H,8H2,1-3H3,(H,9,10). The predicted octanol–water partition coefficient (Wildman–Crippen LogP) is 1.05. The van der Waals surface area contributed by atoms with Gasteiger partial charge >= 0.3 is 0 Å². The molecule has 0 bridgehead atoms. The molecule has 0 spiro atoms. The van der Waals surface area contributed by atoms with Gasteiger partial charge in [-0.3, -0.25) is 5.10 Å². The molecule has 0 radical (unpaired) electrons. The highest BCUT2D eigenvalue weighted by Crippen LogP contribution is 2.13. The third-order valence-electron chi connectivity index (χ3n) is 1.72. The highest BCUT2D eigenvalue weighted by Gasteiger charge is 2.08. The highest BCUT2D eigenvalue weighted by molar-refractivity contribution is 5.24. The number of nitrogens with zero attached hydrogens (tertiary/aromatic N) is 1. The highest BCUT2D eigenvalue weighted by atomic mass is 15.1. The van der Waals surface area contributed by atoms with E-state index in [9.17, 15) is 0 Å². The van der Waals surface area contributed by atoms with Crippen LogP contribution in [0.4, 0.5) is 0 Å². The summed E-state index contributed by atoms with van der Waals surface area (Å²) in [5.41, 5.74) is 8.90. The Labute approximate surface area is 60.6 Å². The predicted molar refractivity (Wildman–Crippen MR) is 40.7 cm³/mol. The molecule has 0 amide bonds. The van der Waals surface area contributed by atoms with Gasteiger partial charge in [0.1, 0.15) is 0 Å². The zero-order valence-corrected chi connectivity index (χ0v) is 6.60. The van der Waals surface area contributed by atoms with Gasteiger partial charge in [-0.25, -0.2) is 0 Å². The summed E-state index contributed by atoms with van der Waals surface area (Å²) in [6.45, 7) is 5.95. The minimum Gasteiger partial charge on any atom is -0.323 e. The van der Waals surface area contributed by atoms with Crippen molar-refractivity contribution in [3.05, 3.63) is 17.0 Å². The van der Waals surface area contributed by atoms with Crippen molar-refractivity contribution in [2.45, 2.75) is 26.8 Å². The fourth-order valence-corrected chi connectivity index (χ4v) is 0.947. The first kappa shape index (κ1) is 7.28. The van der Waals surface area contributed by atoms with Gasteiger partial charge in [-0.05, 0) is 26.3 Å². The first-order valence-corrected chi connectivity index (χ1v) is 3.40. The Morgan fingerprint density at radius 1 is 1.50 bits per heavy atom. The number of rotatable bonds is 1. The lowest BCUT2D eigenvalue weighted by molar-refractivity contribution is 0.766. The number of hydrogen-bond acceptors (Lipinski definition) is 2. The first-order chi connectivity index (χ1) is 4.63. The molecule has 1 heterocycles. The molecule has 0 aliphatic heterocycles. The lowest BCUT2D eigenvalue weighted by atomic mass is 10.1. The molecule has 0 aliphatic carbocycles. The van der Waals surface area contributed by atoms with Crippen LogP contribution in [0, 0.1) is 13.8 Å². The van der Waals surface area contributed by atoms with Crippen LogP contribution in [0.5, 0.6) is 0 Å². The number of nitrogens with two attached hydrogens (primary N) is 1. The molecule has 10 heavy (non-hydrogen) atoms. The van der Waals surface area contributed by atoms with Crippen molar-refractivity contribution in [2.24, 2.45) is 5.73 Å². The molecule has 3 heteroatoms. The minimum absolute atomic E-state index is 0.0324. The maximum atomic E-state index is 5.65. The largest absolute Gasteiger partial charge is 0.323 e. The zero-order valence-electron chi connectivity index (χ0n) is 6.60. The van der Waals surface area contributed by atoms with Gasteiger partial charge in [-0.2, -0.15) is 5.10 Å². The molecule has 3 N–H and O–H groups in total. The van der Waals surface area contributed by atoms with Gasteiger partial charge in [0.05, 0.1) is 5.69 Å². The van der Waals surface area contributed by atoms with E-state index in [1.54, 1.807) is 0 Å². The molecule has 3 nitrogen and oxygen atoms in total. The third kappa shape index (κ3) is 1.04. The van der Waals surface area contributed by atoms with E-state index in [1.807, 2.05) is 20.8 Å². The van der Waals surface area contributed by atoms with Gasteiger partial charge in [0.25, 0.3) is 0 Å². The second kappa shape index (κ2) is 2.42. The number of nitrogens with one attached hydrogen (secondary N) is 1. The Hall–Kier alpha value is -0.830. The Morgan fingerprint density at radius 3 is 2.30 bits per heavy atom. The number of H-pyrrole nitrogens is 1. The van der Waals surface area contributed by atoms with Gasteiger partial charge in [0.15, 0.2) is 0 Å². The first-order valence-electron chi connectivity index (χ1n) is 3.40. The van der Waals surface area contributed by atoms with Crippen LogP contribution in [0.2, 0.25) is 0 Å². The molecule has 1 unspecified atom stereocenters. The molecule has 0 aliphatic rings. The van der Waals surface area contributed by atoms with Crippen molar-refractivity contribution < 1.29 is 0 Å². The van der Waals surface area contributed by atoms with Crippen LogP contribution in [0.15, 0.2) is 0 Å². The van der Waals surface area contributed by atoms with Crippen LogP contribution in [0.1, 0.15) is 29.9 Å². The number of hydrogen-bond donors (Lipinski definition) is 2. The van der Waals surface area contributed by atoms with Crippen LogP contribution >= 0.6 is 0 Å². The summed E-state index contributed by atoms with van der Waals surface area (Å²) in [7, 11) is 0. The summed E-state index contributed by atoms with van der Waals surface area (Å²) in [4.78, 5) is 0. The molecule has 56 valence electrons. The smallest absolute Gasteiger partial charge is 0.0818 e. The van der Waals surface area contributed by atoms with E-state index in [4.69, 9.17) is 5.73 Å². The van der Waals surface area contributed by atoms with Crippen molar-refractivity contribution in [2.75, 3.05) is 0 Å². The molecule has 0 aromatic carbocycles. The molecule has 0 fully saturated rings. The summed E-state index contributed by atoms with van der Waals surface area (Å²) >= 11 is 0. The van der Waals surface area contributed by atoms with Gasteiger partial charge in [0.2, 0.25) is 0 Å². The quantitative estimate of drug-likeness (QED) is 0.611. The lowest BCUT2D eigenvalue weighted by Crippen LogP contribution is -2.06. The molecule has 1 aromatic heterocycles. The molecule has 1 aromatic rings. The van der Waals surface area contributed by atoms with Gasteiger partial charge in [0, 0.05) is 11.7 Å². The fraction of sp³-hybridized carbons (Fsp3) is 0.571. The lowest BCUT2D eigenvalue weighted by Gasteiger charge is -2.00. The Bertz CT molecular complexity index is 225. The molecular formula is C7H13N3. The Balaban J connectivity index is 3.05. The summed E-state index contributed by atoms with van der Waals surface area (Å²) in [6, 6.07) is 0.0324. The minimum atomic E-state index is 0.0324. The van der Waals surface area contributed by atoms with Gasteiger partial charge in [-0.1, -0.05) is 0 Å². The van der Waals surface area contributed by atoms with E-state index in [1.165, 1.54) is 5.56 Å². The van der Waals surface area contributed by atoms with Crippen LogP contribution in [0.3, 0.4) is 0 Å². The molecule has 1 atom stereocenters. The molecule has 0 saturated carbocycles. The van der Waals surface area contributed by atoms with Gasteiger partial charge < -0.3 is 5.73 Å². The van der Waals surface area contributed by atoms with Crippen molar-refractivity contribution in [3.8, 4) is 0 Å². The van der Waals surface area contributed by atoms with E-state index in [-0.39, 0.29) is 6.04 Å². The van der Waals surface area contributed by atoms with Crippen molar-refractivity contribution in [1.29, 1.82) is 0 Å². The molecule has 1 rings (SSSR count). The van der Waals surface area contributed by atoms with Crippen LogP contribution in [0.25, 0.3) is 0 Å². The normalized spacial score (nSPS) is 13.6. The summed E-state index contributed by atoms with van der Waals surface area (Å²) in [6.07, 6.45) is 0. The maximum absolute atomic E-state index is 5.65.